The topological polar surface area (TPSA) is 42.7 Å². The van der Waals surface area contributed by atoms with Crippen LogP contribution in [0.4, 0.5) is 0 Å². The molecule has 3 rings (SSSR count). The SMILES string of the molecule is CNC(Cc1ncnn1CC(C)C)C1C2CCCC21. The minimum absolute atomic E-state index is 0.588. The monoisotopic (exact) mass is 262 g/mol. The van der Waals surface area contributed by atoms with E-state index in [9.17, 15) is 0 Å². The van der Waals surface area contributed by atoms with Crippen molar-refractivity contribution < 1.29 is 0 Å². The number of nitrogens with one attached hydrogen (secondary N) is 1. The van der Waals surface area contributed by atoms with Crippen LogP contribution < -0.4 is 5.32 Å². The maximum absolute atomic E-state index is 4.47. The average molecular weight is 262 g/mol. The molecule has 4 heteroatoms. The summed E-state index contributed by atoms with van der Waals surface area (Å²) in [4.78, 5) is 4.47. The Hall–Kier alpha value is -0.900. The van der Waals surface area contributed by atoms with E-state index in [0.29, 0.717) is 12.0 Å². The zero-order chi connectivity index (χ0) is 13.4. The van der Waals surface area contributed by atoms with Gasteiger partial charge in [-0.15, -0.1) is 0 Å². The van der Waals surface area contributed by atoms with Crippen molar-refractivity contribution in [2.24, 2.45) is 23.7 Å². The van der Waals surface area contributed by atoms with E-state index in [0.717, 1.165) is 36.5 Å². The molecule has 1 N–H and O–H groups in total. The summed E-state index contributed by atoms with van der Waals surface area (Å²) in [6, 6.07) is 0.588. The molecule has 106 valence electrons. The number of aromatic nitrogens is 3. The van der Waals surface area contributed by atoms with Gasteiger partial charge in [-0.25, -0.2) is 9.67 Å². The van der Waals surface area contributed by atoms with E-state index in [1.807, 2.05) is 0 Å². The fourth-order valence-electron chi connectivity index (χ4n) is 4.05. The lowest BCUT2D eigenvalue weighted by Crippen LogP contribution is -2.33. The lowest BCUT2D eigenvalue weighted by Gasteiger charge is -2.18. The quantitative estimate of drug-likeness (QED) is 0.854. The molecule has 4 nitrogen and oxygen atoms in total. The van der Waals surface area contributed by atoms with Crippen LogP contribution >= 0.6 is 0 Å². The molecule has 2 aliphatic carbocycles. The lowest BCUT2D eigenvalue weighted by molar-refractivity contribution is 0.401. The second kappa shape index (κ2) is 5.23. The van der Waals surface area contributed by atoms with Crippen LogP contribution in [0.1, 0.15) is 38.9 Å². The summed E-state index contributed by atoms with van der Waals surface area (Å²) in [5.74, 6) is 4.66. The summed E-state index contributed by atoms with van der Waals surface area (Å²) >= 11 is 0. The third-order valence-electron chi connectivity index (χ3n) is 4.94. The van der Waals surface area contributed by atoms with E-state index in [2.05, 4.69) is 41.0 Å². The number of hydrogen-bond acceptors (Lipinski definition) is 3. The molecule has 1 aromatic heterocycles. The molecule has 2 aliphatic rings. The molecular formula is C15H26N4. The van der Waals surface area contributed by atoms with Crippen LogP contribution in [0.2, 0.25) is 0 Å². The lowest BCUT2D eigenvalue weighted by atomic mass is 10.0. The van der Waals surface area contributed by atoms with Gasteiger partial charge in [-0.2, -0.15) is 5.10 Å². The minimum Gasteiger partial charge on any atom is -0.316 e. The molecule has 19 heavy (non-hydrogen) atoms. The maximum atomic E-state index is 4.47. The van der Waals surface area contributed by atoms with Gasteiger partial charge in [0, 0.05) is 19.0 Å². The Morgan fingerprint density at radius 2 is 2.11 bits per heavy atom. The van der Waals surface area contributed by atoms with E-state index in [-0.39, 0.29) is 0 Å². The van der Waals surface area contributed by atoms with Crippen molar-refractivity contribution in [3.63, 3.8) is 0 Å². The molecule has 0 bridgehead atoms. The Bertz CT molecular complexity index is 416. The van der Waals surface area contributed by atoms with Crippen molar-refractivity contribution in [3.05, 3.63) is 12.2 Å². The van der Waals surface area contributed by atoms with Crippen molar-refractivity contribution >= 4 is 0 Å². The van der Waals surface area contributed by atoms with Crippen LogP contribution in [0.25, 0.3) is 0 Å². The highest BCUT2D eigenvalue weighted by Gasteiger charge is 2.55. The van der Waals surface area contributed by atoms with Crippen LogP contribution in [0.15, 0.2) is 6.33 Å². The second-order valence-corrected chi connectivity index (χ2v) is 6.69. The molecular weight excluding hydrogens is 236 g/mol. The van der Waals surface area contributed by atoms with E-state index in [1.54, 1.807) is 6.33 Å². The fraction of sp³-hybridized carbons (Fsp3) is 0.867. The molecule has 2 fully saturated rings. The second-order valence-electron chi connectivity index (χ2n) is 6.69. The van der Waals surface area contributed by atoms with Gasteiger partial charge in [0.05, 0.1) is 0 Å². The molecule has 0 aliphatic heterocycles. The number of nitrogens with zero attached hydrogens (tertiary/aromatic N) is 3. The Balaban J connectivity index is 1.65. The summed E-state index contributed by atoms with van der Waals surface area (Å²) < 4.78 is 2.09. The predicted octanol–water partition coefficient (Wildman–Crippen LogP) is 2.11. The van der Waals surface area contributed by atoms with Gasteiger partial charge in [0.2, 0.25) is 0 Å². The minimum atomic E-state index is 0.588. The number of hydrogen-bond donors (Lipinski definition) is 1. The van der Waals surface area contributed by atoms with Gasteiger partial charge in [-0.1, -0.05) is 20.3 Å². The fourth-order valence-corrected chi connectivity index (χ4v) is 4.05. The molecule has 1 aromatic rings. The Kier molecular flexibility index (Phi) is 3.61. The molecule has 0 saturated heterocycles. The molecule has 0 radical (unpaired) electrons. The number of likely N-dealkylation sites (N-methyl/N-ethyl adjacent to an activating group) is 1. The number of rotatable bonds is 6. The van der Waals surface area contributed by atoms with Crippen molar-refractivity contribution in [1.82, 2.24) is 20.1 Å². The number of fused-ring (bicyclic) bond motifs is 1. The maximum Gasteiger partial charge on any atom is 0.138 e. The van der Waals surface area contributed by atoms with E-state index >= 15 is 0 Å². The highest BCUT2D eigenvalue weighted by Crippen LogP contribution is 2.59. The van der Waals surface area contributed by atoms with E-state index in [4.69, 9.17) is 0 Å². The first-order valence-corrected chi connectivity index (χ1v) is 7.74. The Morgan fingerprint density at radius 3 is 2.74 bits per heavy atom. The summed E-state index contributed by atoms with van der Waals surface area (Å²) in [6.45, 7) is 5.43. The zero-order valence-electron chi connectivity index (χ0n) is 12.3. The smallest absolute Gasteiger partial charge is 0.138 e. The largest absolute Gasteiger partial charge is 0.316 e. The van der Waals surface area contributed by atoms with Gasteiger partial charge in [-0.05, 0) is 43.6 Å². The first-order valence-electron chi connectivity index (χ1n) is 7.74. The molecule has 2 saturated carbocycles. The van der Waals surface area contributed by atoms with Crippen LogP contribution in [0, 0.1) is 23.7 Å². The standard InChI is InChI=1S/C15H26N4/c1-10(2)8-19-14(17-9-18-19)7-13(16-3)15-11-5-4-6-12(11)15/h9-13,15-16H,4-8H2,1-3H3. The van der Waals surface area contributed by atoms with Gasteiger partial charge >= 0.3 is 0 Å². The van der Waals surface area contributed by atoms with E-state index < -0.39 is 0 Å². The highest BCUT2D eigenvalue weighted by molar-refractivity contribution is 5.08. The third-order valence-corrected chi connectivity index (χ3v) is 4.94. The van der Waals surface area contributed by atoms with Gasteiger partial charge in [0.15, 0.2) is 0 Å². The Labute approximate surface area is 116 Å². The Morgan fingerprint density at radius 1 is 1.37 bits per heavy atom. The first-order chi connectivity index (χ1) is 9.20. The van der Waals surface area contributed by atoms with E-state index in [1.165, 1.54) is 19.3 Å². The summed E-state index contributed by atoms with van der Waals surface area (Å²) in [6.07, 6.45) is 7.09. The molecule has 3 unspecified atom stereocenters. The van der Waals surface area contributed by atoms with Gasteiger partial charge in [0.25, 0.3) is 0 Å². The van der Waals surface area contributed by atoms with Crippen LogP contribution in [0.5, 0.6) is 0 Å². The predicted molar refractivity (Wildman–Crippen MR) is 75.7 cm³/mol. The summed E-state index contributed by atoms with van der Waals surface area (Å²) in [7, 11) is 2.10. The normalized spacial score (nSPS) is 30.6. The summed E-state index contributed by atoms with van der Waals surface area (Å²) in [5, 5.41) is 7.90. The van der Waals surface area contributed by atoms with Crippen molar-refractivity contribution in [2.45, 2.75) is 52.1 Å². The zero-order valence-corrected chi connectivity index (χ0v) is 12.3. The molecule has 0 spiro atoms. The molecule has 0 amide bonds. The highest BCUT2D eigenvalue weighted by atomic mass is 15.3. The van der Waals surface area contributed by atoms with Gasteiger partial charge < -0.3 is 5.32 Å². The van der Waals surface area contributed by atoms with Crippen LogP contribution in [0.3, 0.4) is 0 Å². The van der Waals surface area contributed by atoms with Crippen molar-refractivity contribution in [2.75, 3.05) is 7.05 Å². The van der Waals surface area contributed by atoms with Crippen molar-refractivity contribution in [1.29, 1.82) is 0 Å². The molecule has 3 atom stereocenters. The van der Waals surface area contributed by atoms with Crippen molar-refractivity contribution in [3.8, 4) is 0 Å². The van der Waals surface area contributed by atoms with Gasteiger partial charge in [-0.3, -0.25) is 0 Å². The van der Waals surface area contributed by atoms with Crippen LogP contribution in [-0.2, 0) is 13.0 Å². The first kappa shape index (κ1) is 13.1. The average Bonchev–Trinajstić information content (AvgIpc) is 2.78. The van der Waals surface area contributed by atoms with Gasteiger partial charge in [0.1, 0.15) is 12.2 Å². The van der Waals surface area contributed by atoms with Crippen LogP contribution in [-0.4, -0.2) is 27.9 Å². The molecule has 1 heterocycles. The molecule has 0 aromatic carbocycles. The third kappa shape index (κ3) is 2.55. The summed E-state index contributed by atoms with van der Waals surface area (Å²) in [5.41, 5.74) is 0.